The van der Waals surface area contributed by atoms with Crippen LogP contribution >= 0.6 is 0 Å². The van der Waals surface area contributed by atoms with E-state index in [1.54, 1.807) is 0 Å². The van der Waals surface area contributed by atoms with Crippen molar-refractivity contribution in [3.63, 3.8) is 0 Å². The second-order valence-corrected chi connectivity index (χ2v) is 5.24. The van der Waals surface area contributed by atoms with Crippen LogP contribution in [-0.4, -0.2) is 31.3 Å². The summed E-state index contributed by atoms with van der Waals surface area (Å²) in [4.78, 5) is 11.3. The first-order chi connectivity index (χ1) is 7.95. The number of nitrogens with one attached hydrogen (secondary N) is 2. The minimum Gasteiger partial charge on any atom is -0.444 e. The monoisotopic (exact) mass is 244 g/mol. The van der Waals surface area contributed by atoms with Crippen LogP contribution in [-0.2, 0) is 4.74 Å². The van der Waals surface area contributed by atoms with Gasteiger partial charge in [-0.1, -0.05) is 26.2 Å². The van der Waals surface area contributed by atoms with Crippen molar-refractivity contribution < 1.29 is 9.53 Å². The molecule has 0 radical (unpaired) electrons. The summed E-state index contributed by atoms with van der Waals surface area (Å²) in [7, 11) is 0. The Morgan fingerprint density at radius 3 is 2.35 bits per heavy atom. The molecule has 0 rings (SSSR count). The Labute approximate surface area is 105 Å². The molecule has 0 saturated heterocycles. The summed E-state index contributed by atoms with van der Waals surface area (Å²) in [6, 6.07) is 0. The number of carbonyl (C=O) groups is 1. The summed E-state index contributed by atoms with van der Waals surface area (Å²) in [6.07, 6.45) is 4.71. The summed E-state index contributed by atoms with van der Waals surface area (Å²) < 4.78 is 5.12. The molecular weight excluding hydrogens is 216 g/mol. The van der Waals surface area contributed by atoms with Crippen molar-refractivity contribution >= 4 is 6.09 Å². The molecule has 0 aliphatic heterocycles. The zero-order chi connectivity index (χ0) is 13.1. The fourth-order valence-corrected chi connectivity index (χ4v) is 1.37. The summed E-state index contributed by atoms with van der Waals surface area (Å²) in [5.74, 6) is 0. The van der Waals surface area contributed by atoms with Gasteiger partial charge in [-0.25, -0.2) is 4.79 Å². The summed E-state index contributed by atoms with van der Waals surface area (Å²) in [5, 5.41) is 6.01. The van der Waals surface area contributed by atoms with Gasteiger partial charge in [-0.2, -0.15) is 0 Å². The van der Waals surface area contributed by atoms with E-state index in [1.165, 1.54) is 25.7 Å². The van der Waals surface area contributed by atoms with Crippen molar-refractivity contribution in [3.8, 4) is 0 Å². The van der Waals surface area contributed by atoms with Gasteiger partial charge in [-0.15, -0.1) is 0 Å². The van der Waals surface area contributed by atoms with Crippen molar-refractivity contribution in [1.29, 1.82) is 0 Å². The normalized spacial score (nSPS) is 11.3. The summed E-state index contributed by atoms with van der Waals surface area (Å²) >= 11 is 0. The van der Waals surface area contributed by atoms with Gasteiger partial charge >= 0.3 is 6.09 Å². The Kier molecular flexibility index (Phi) is 8.86. The highest BCUT2D eigenvalue weighted by Gasteiger charge is 2.15. The van der Waals surface area contributed by atoms with Crippen molar-refractivity contribution in [1.82, 2.24) is 10.6 Å². The predicted molar refractivity (Wildman–Crippen MR) is 71.2 cm³/mol. The van der Waals surface area contributed by atoms with Crippen molar-refractivity contribution in [3.05, 3.63) is 0 Å². The lowest BCUT2D eigenvalue weighted by molar-refractivity contribution is 0.0528. The van der Waals surface area contributed by atoms with Crippen LogP contribution in [0.5, 0.6) is 0 Å². The zero-order valence-electron chi connectivity index (χ0n) is 11.8. The molecule has 4 nitrogen and oxygen atoms in total. The molecule has 2 N–H and O–H groups in total. The molecule has 0 aromatic carbocycles. The van der Waals surface area contributed by atoms with E-state index in [2.05, 4.69) is 17.6 Å². The van der Waals surface area contributed by atoms with Crippen LogP contribution in [0.2, 0.25) is 0 Å². The van der Waals surface area contributed by atoms with E-state index in [1.807, 2.05) is 20.8 Å². The average molecular weight is 244 g/mol. The second-order valence-electron chi connectivity index (χ2n) is 5.24. The van der Waals surface area contributed by atoms with Gasteiger partial charge in [0.05, 0.1) is 0 Å². The minimum atomic E-state index is -0.419. The number of ether oxygens (including phenoxy) is 1. The zero-order valence-corrected chi connectivity index (χ0v) is 11.8. The van der Waals surface area contributed by atoms with E-state index >= 15 is 0 Å². The van der Waals surface area contributed by atoms with Gasteiger partial charge in [0.1, 0.15) is 5.60 Å². The molecule has 102 valence electrons. The average Bonchev–Trinajstić information content (AvgIpc) is 2.19. The third kappa shape index (κ3) is 13.2. The van der Waals surface area contributed by atoms with Gasteiger partial charge < -0.3 is 15.4 Å². The molecule has 0 aliphatic carbocycles. The van der Waals surface area contributed by atoms with Gasteiger partial charge in [0, 0.05) is 13.1 Å². The van der Waals surface area contributed by atoms with Gasteiger partial charge in [-0.05, 0) is 33.7 Å². The molecule has 17 heavy (non-hydrogen) atoms. The topological polar surface area (TPSA) is 50.4 Å². The van der Waals surface area contributed by atoms with E-state index in [4.69, 9.17) is 4.74 Å². The Balaban J connectivity index is 3.25. The maximum Gasteiger partial charge on any atom is 0.407 e. The quantitative estimate of drug-likeness (QED) is 0.645. The van der Waals surface area contributed by atoms with E-state index < -0.39 is 5.60 Å². The molecule has 0 aromatic rings. The molecule has 0 aromatic heterocycles. The van der Waals surface area contributed by atoms with E-state index in [0.29, 0.717) is 6.54 Å². The first kappa shape index (κ1) is 16.2. The van der Waals surface area contributed by atoms with Gasteiger partial charge in [0.2, 0.25) is 0 Å². The SMILES string of the molecule is CCCCCCNCCNC(=O)OC(C)(C)C. The maximum absolute atomic E-state index is 11.3. The van der Waals surface area contributed by atoms with E-state index in [-0.39, 0.29) is 6.09 Å². The number of unbranched alkanes of at least 4 members (excludes halogenated alkanes) is 3. The predicted octanol–water partition coefficient (Wildman–Crippen LogP) is 2.68. The minimum absolute atomic E-state index is 0.342. The summed E-state index contributed by atoms with van der Waals surface area (Å²) in [5.41, 5.74) is -0.419. The molecule has 0 bridgehead atoms. The number of carbonyl (C=O) groups excluding carboxylic acids is 1. The molecule has 0 atom stereocenters. The molecule has 0 heterocycles. The van der Waals surface area contributed by atoms with Crippen molar-refractivity contribution in [2.24, 2.45) is 0 Å². The van der Waals surface area contributed by atoms with Gasteiger partial charge in [-0.3, -0.25) is 0 Å². The number of hydrogen-bond acceptors (Lipinski definition) is 3. The largest absolute Gasteiger partial charge is 0.444 e. The Hall–Kier alpha value is -0.770. The highest BCUT2D eigenvalue weighted by Crippen LogP contribution is 2.05. The molecule has 0 saturated carbocycles. The molecule has 0 aliphatic rings. The second kappa shape index (κ2) is 9.28. The Bertz CT molecular complexity index is 200. The first-order valence-corrected chi connectivity index (χ1v) is 6.63. The van der Waals surface area contributed by atoms with Crippen LogP contribution < -0.4 is 10.6 Å². The van der Waals surface area contributed by atoms with Crippen molar-refractivity contribution in [2.45, 2.75) is 59.0 Å². The van der Waals surface area contributed by atoms with Crippen LogP contribution in [0.25, 0.3) is 0 Å². The van der Waals surface area contributed by atoms with Gasteiger partial charge in [0.25, 0.3) is 0 Å². The Morgan fingerprint density at radius 1 is 1.06 bits per heavy atom. The van der Waals surface area contributed by atoms with Crippen LogP contribution in [0.4, 0.5) is 4.79 Å². The molecular formula is C13H28N2O2. The van der Waals surface area contributed by atoms with Crippen LogP contribution in [0.15, 0.2) is 0 Å². The Morgan fingerprint density at radius 2 is 1.76 bits per heavy atom. The van der Waals surface area contributed by atoms with Crippen LogP contribution in [0, 0.1) is 0 Å². The van der Waals surface area contributed by atoms with E-state index in [9.17, 15) is 4.79 Å². The third-order valence-electron chi connectivity index (χ3n) is 2.18. The number of hydrogen-bond donors (Lipinski definition) is 2. The lowest BCUT2D eigenvalue weighted by atomic mass is 10.2. The highest BCUT2D eigenvalue weighted by atomic mass is 16.6. The maximum atomic E-state index is 11.3. The third-order valence-corrected chi connectivity index (χ3v) is 2.18. The lowest BCUT2D eigenvalue weighted by Crippen LogP contribution is -2.36. The highest BCUT2D eigenvalue weighted by molar-refractivity contribution is 5.67. The lowest BCUT2D eigenvalue weighted by Gasteiger charge is -2.19. The van der Waals surface area contributed by atoms with Crippen LogP contribution in [0.1, 0.15) is 53.4 Å². The smallest absolute Gasteiger partial charge is 0.407 e. The van der Waals surface area contributed by atoms with Gasteiger partial charge in [0.15, 0.2) is 0 Å². The summed E-state index contributed by atoms with van der Waals surface area (Å²) in [6.45, 7) is 10.2. The van der Waals surface area contributed by atoms with Crippen LogP contribution in [0.3, 0.4) is 0 Å². The van der Waals surface area contributed by atoms with Crippen molar-refractivity contribution in [2.75, 3.05) is 19.6 Å². The van der Waals surface area contributed by atoms with E-state index in [0.717, 1.165) is 13.1 Å². The molecule has 4 heteroatoms. The number of alkyl carbamates (subject to hydrolysis) is 1. The number of amides is 1. The standard InChI is InChI=1S/C13H28N2O2/c1-5-6-7-8-9-14-10-11-15-12(16)17-13(2,3)4/h14H,5-11H2,1-4H3,(H,15,16). The molecule has 0 spiro atoms. The first-order valence-electron chi connectivity index (χ1n) is 6.63. The fraction of sp³-hybridized carbons (Fsp3) is 0.923. The number of rotatable bonds is 8. The fourth-order valence-electron chi connectivity index (χ4n) is 1.37. The molecule has 0 unspecified atom stereocenters. The molecule has 1 amide bonds. The molecule has 0 fully saturated rings.